The number of methoxy groups -OCH3 is 1. The molecule has 4 heteroatoms. The molecule has 2 saturated carbocycles. The van der Waals surface area contributed by atoms with Gasteiger partial charge in [-0.15, -0.1) is 0 Å². The van der Waals surface area contributed by atoms with Crippen LogP contribution in [0.15, 0.2) is 23.8 Å². The molecule has 1 N–H and O–H groups in total. The number of fused-ring (bicyclic) bond motifs is 3. The Morgan fingerprint density at radius 3 is 2.56 bits per heavy atom. The average molecular weight is 346 g/mol. The van der Waals surface area contributed by atoms with Gasteiger partial charge < -0.3 is 9.84 Å². The zero-order valence-electron chi connectivity index (χ0n) is 15.9. The van der Waals surface area contributed by atoms with Gasteiger partial charge in [-0.05, 0) is 48.5 Å². The molecule has 3 aliphatic rings. The van der Waals surface area contributed by atoms with Crippen LogP contribution in [0.4, 0.5) is 0 Å². The third-order valence-electron chi connectivity index (χ3n) is 7.35. The van der Waals surface area contributed by atoms with Crippen LogP contribution in [0, 0.1) is 22.7 Å². The summed E-state index contributed by atoms with van der Waals surface area (Å²) in [7, 11) is 1.27. The molecule has 0 aromatic carbocycles. The highest BCUT2D eigenvalue weighted by molar-refractivity contribution is 6.10. The third kappa shape index (κ3) is 2.69. The van der Waals surface area contributed by atoms with Crippen LogP contribution in [-0.4, -0.2) is 29.6 Å². The van der Waals surface area contributed by atoms with Crippen molar-refractivity contribution in [2.45, 2.75) is 64.9 Å². The first-order chi connectivity index (χ1) is 11.5. The fourth-order valence-electron chi connectivity index (χ4n) is 6.12. The van der Waals surface area contributed by atoms with Gasteiger partial charge in [0, 0.05) is 17.9 Å². The molecular formula is C21H30O4. The molecule has 3 aliphatic carbocycles. The fourth-order valence-corrected chi connectivity index (χ4v) is 6.12. The van der Waals surface area contributed by atoms with Gasteiger partial charge in [-0.1, -0.05) is 33.8 Å². The van der Waals surface area contributed by atoms with E-state index in [0.717, 1.165) is 19.3 Å². The van der Waals surface area contributed by atoms with Crippen LogP contribution in [-0.2, 0) is 14.3 Å². The monoisotopic (exact) mass is 346 g/mol. The maximum Gasteiger partial charge on any atom is 0.337 e. The lowest BCUT2D eigenvalue weighted by Gasteiger charge is -2.62. The molecule has 2 fully saturated rings. The number of carbonyl (C=O) groups is 2. The Bertz CT molecular complexity index is 659. The first-order valence-electron chi connectivity index (χ1n) is 9.31. The molecule has 0 bridgehead atoms. The minimum atomic E-state index is -1.04. The Kier molecular flexibility index (Phi) is 4.26. The number of carbonyl (C=O) groups excluding carboxylic acids is 2. The molecule has 0 aromatic heterocycles. The van der Waals surface area contributed by atoms with Gasteiger partial charge in [0.05, 0.1) is 18.3 Å². The van der Waals surface area contributed by atoms with Gasteiger partial charge >= 0.3 is 5.97 Å². The summed E-state index contributed by atoms with van der Waals surface area (Å²) < 4.78 is 4.70. The molecule has 0 saturated heterocycles. The molecule has 0 amide bonds. The maximum absolute atomic E-state index is 12.8. The number of ketones is 1. The van der Waals surface area contributed by atoms with E-state index >= 15 is 0 Å². The van der Waals surface area contributed by atoms with Crippen molar-refractivity contribution in [1.82, 2.24) is 0 Å². The van der Waals surface area contributed by atoms with Crippen LogP contribution in [0.2, 0.25) is 0 Å². The van der Waals surface area contributed by atoms with Crippen LogP contribution in [0.1, 0.15) is 59.3 Å². The molecule has 0 radical (unpaired) electrons. The van der Waals surface area contributed by atoms with Crippen LogP contribution in [0.5, 0.6) is 0 Å². The molecule has 0 aromatic rings. The second kappa shape index (κ2) is 5.80. The van der Waals surface area contributed by atoms with Gasteiger partial charge in [0.1, 0.15) is 0 Å². The van der Waals surface area contributed by atoms with Gasteiger partial charge in [-0.3, -0.25) is 4.79 Å². The van der Waals surface area contributed by atoms with E-state index in [9.17, 15) is 14.7 Å². The van der Waals surface area contributed by atoms with E-state index in [4.69, 9.17) is 4.74 Å². The summed E-state index contributed by atoms with van der Waals surface area (Å²) >= 11 is 0. The van der Waals surface area contributed by atoms with Crippen molar-refractivity contribution in [2.24, 2.45) is 22.7 Å². The molecule has 3 rings (SSSR count). The van der Waals surface area contributed by atoms with Crippen LogP contribution >= 0.6 is 0 Å². The highest BCUT2D eigenvalue weighted by atomic mass is 16.5. The highest BCUT2D eigenvalue weighted by Gasteiger charge is 2.60. The summed E-state index contributed by atoms with van der Waals surface area (Å²) in [4.78, 5) is 24.6. The number of hydrogen-bond acceptors (Lipinski definition) is 4. The minimum absolute atomic E-state index is 0.0515. The number of esters is 1. The van der Waals surface area contributed by atoms with E-state index in [1.807, 2.05) is 0 Å². The largest absolute Gasteiger partial charge is 0.465 e. The quantitative estimate of drug-likeness (QED) is 0.613. The van der Waals surface area contributed by atoms with Crippen molar-refractivity contribution in [3.05, 3.63) is 23.8 Å². The van der Waals surface area contributed by atoms with E-state index in [2.05, 4.69) is 27.4 Å². The van der Waals surface area contributed by atoms with Crippen molar-refractivity contribution in [1.29, 1.82) is 0 Å². The van der Waals surface area contributed by atoms with E-state index in [0.29, 0.717) is 12.3 Å². The number of Topliss-reactive ketones (excluding diaryl/α,β-unsaturated/α-hetero) is 1. The standard InChI is InChI=1S/C21H30O4/c1-13(18(23)25-5)14-12-21(24)10-7-16-19(2,3)8-6-9-20(16,4)17(21)11-15(14)22/h12,16-17,24H,1,6-11H2,2-5H3/t16?,17-,20+,21+/m0/s1. The Labute approximate surface area is 150 Å². The molecule has 0 heterocycles. The lowest BCUT2D eigenvalue weighted by molar-refractivity contribution is -0.164. The van der Waals surface area contributed by atoms with Crippen molar-refractivity contribution in [2.75, 3.05) is 7.11 Å². The molecule has 4 atom stereocenters. The van der Waals surface area contributed by atoms with E-state index < -0.39 is 11.6 Å². The van der Waals surface area contributed by atoms with Gasteiger partial charge in [0.15, 0.2) is 5.78 Å². The van der Waals surface area contributed by atoms with Crippen LogP contribution in [0.25, 0.3) is 0 Å². The second-order valence-electron chi connectivity index (χ2n) is 9.14. The first-order valence-corrected chi connectivity index (χ1v) is 9.31. The van der Waals surface area contributed by atoms with Crippen molar-refractivity contribution in [3.63, 3.8) is 0 Å². The molecule has 0 aliphatic heterocycles. The number of rotatable bonds is 2. The summed E-state index contributed by atoms with van der Waals surface area (Å²) in [6.07, 6.45) is 6.85. The summed E-state index contributed by atoms with van der Waals surface area (Å²) in [6.45, 7) is 10.6. The van der Waals surface area contributed by atoms with Gasteiger partial charge in [-0.25, -0.2) is 4.79 Å². The van der Waals surface area contributed by atoms with Crippen molar-refractivity contribution in [3.8, 4) is 0 Å². The zero-order chi connectivity index (χ0) is 18.6. The molecule has 25 heavy (non-hydrogen) atoms. The van der Waals surface area contributed by atoms with E-state index in [1.54, 1.807) is 6.08 Å². The third-order valence-corrected chi connectivity index (χ3v) is 7.35. The Balaban J connectivity index is 2.01. The topological polar surface area (TPSA) is 63.6 Å². The van der Waals surface area contributed by atoms with Crippen molar-refractivity contribution < 1.29 is 19.4 Å². The Hall–Kier alpha value is -1.42. The predicted molar refractivity (Wildman–Crippen MR) is 95.8 cm³/mol. The lowest BCUT2D eigenvalue weighted by atomic mass is 9.44. The SMILES string of the molecule is C=C(C(=O)OC)C1=C[C@]2(O)CCC3C(C)(C)CCC[C@@]3(C)[C@@H]2CC1=O. The molecule has 0 spiro atoms. The summed E-state index contributed by atoms with van der Waals surface area (Å²) in [6, 6.07) is 0. The first kappa shape index (κ1) is 18.4. The summed E-state index contributed by atoms with van der Waals surface area (Å²) in [5.74, 6) is -0.304. The summed E-state index contributed by atoms with van der Waals surface area (Å²) in [5.41, 5.74) is -0.576. The highest BCUT2D eigenvalue weighted by Crippen LogP contribution is 2.64. The van der Waals surface area contributed by atoms with Gasteiger partial charge in [-0.2, -0.15) is 0 Å². The van der Waals surface area contributed by atoms with Crippen LogP contribution in [0.3, 0.4) is 0 Å². The molecular weight excluding hydrogens is 316 g/mol. The van der Waals surface area contributed by atoms with E-state index in [-0.39, 0.29) is 40.1 Å². The van der Waals surface area contributed by atoms with E-state index in [1.165, 1.54) is 13.5 Å². The van der Waals surface area contributed by atoms with Crippen LogP contribution < -0.4 is 0 Å². The predicted octanol–water partition coefficient (Wildman–Crippen LogP) is 3.59. The smallest absolute Gasteiger partial charge is 0.337 e. The molecule has 138 valence electrons. The minimum Gasteiger partial charge on any atom is -0.465 e. The second-order valence-corrected chi connectivity index (χ2v) is 9.14. The maximum atomic E-state index is 12.8. The zero-order valence-corrected chi connectivity index (χ0v) is 15.9. The lowest BCUT2D eigenvalue weighted by Crippen LogP contribution is -2.59. The molecule has 4 nitrogen and oxygen atoms in total. The van der Waals surface area contributed by atoms with Crippen molar-refractivity contribution >= 4 is 11.8 Å². The summed E-state index contributed by atoms with van der Waals surface area (Å²) in [5, 5.41) is 11.4. The fraction of sp³-hybridized carbons (Fsp3) is 0.714. The van der Waals surface area contributed by atoms with Gasteiger partial charge in [0.2, 0.25) is 0 Å². The normalized spacial score (nSPS) is 39.7. The number of ether oxygens (including phenoxy) is 1. The number of aliphatic hydroxyl groups is 1. The number of hydrogen-bond donors (Lipinski definition) is 1. The molecule has 1 unspecified atom stereocenters. The Morgan fingerprint density at radius 2 is 1.92 bits per heavy atom. The average Bonchev–Trinajstić information content (AvgIpc) is 2.53. The van der Waals surface area contributed by atoms with Gasteiger partial charge in [0.25, 0.3) is 0 Å². The Morgan fingerprint density at radius 1 is 1.24 bits per heavy atom.